The molecule has 2 fully saturated rings. The normalized spacial score (nSPS) is 19.8. The molecule has 0 bridgehead atoms. The van der Waals surface area contributed by atoms with E-state index in [2.05, 4.69) is 9.80 Å². The molecular formula is C19H29N3O3. The first-order valence-electron chi connectivity index (χ1n) is 9.29. The predicted molar refractivity (Wildman–Crippen MR) is 96.8 cm³/mol. The number of amides is 1. The average molecular weight is 347 g/mol. The predicted octanol–water partition coefficient (Wildman–Crippen LogP) is 0.932. The Bertz CT molecular complexity index is 512. The molecule has 0 aromatic heterocycles. The molecular weight excluding hydrogens is 318 g/mol. The molecule has 0 atom stereocenters. The van der Waals surface area contributed by atoms with Gasteiger partial charge in [0.15, 0.2) is 0 Å². The van der Waals surface area contributed by atoms with Crippen LogP contribution in [0.4, 0.5) is 0 Å². The van der Waals surface area contributed by atoms with E-state index in [0.29, 0.717) is 6.54 Å². The number of benzene rings is 1. The summed E-state index contributed by atoms with van der Waals surface area (Å²) in [6.45, 7) is 9.11. The quantitative estimate of drug-likeness (QED) is 0.687. The van der Waals surface area contributed by atoms with Crippen LogP contribution in [-0.4, -0.2) is 92.8 Å². The minimum absolute atomic E-state index is 0.258. The zero-order chi connectivity index (χ0) is 17.3. The molecule has 2 saturated heterocycles. The van der Waals surface area contributed by atoms with Crippen molar-refractivity contribution in [1.29, 1.82) is 0 Å². The van der Waals surface area contributed by atoms with Gasteiger partial charge in [0.2, 0.25) is 5.91 Å². The van der Waals surface area contributed by atoms with Gasteiger partial charge in [0.05, 0.1) is 26.4 Å². The van der Waals surface area contributed by atoms with Crippen molar-refractivity contribution in [2.24, 2.45) is 0 Å². The molecule has 1 amide bonds. The van der Waals surface area contributed by atoms with Crippen LogP contribution in [0.3, 0.4) is 0 Å². The number of morpholine rings is 1. The number of hydrogen-bond donors (Lipinski definition) is 0. The van der Waals surface area contributed by atoms with Gasteiger partial charge in [0.25, 0.3) is 0 Å². The smallest absolute Gasteiger partial charge is 0.236 e. The second kappa shape index (κ2) is 9.75. The van der Waals surface area contributed by atoms with Gasteiger partial charge in [-0.2, -0.15) is 0 Å². The number of para-hydroxylation sites is 1. The van der Waals surface area contributed by atoms with Gasteiger partial charge in [-0.1, -0.05) is 18.2 Å². The van der Waals surface area contributed by atoms with E-state index in [9.17, 15) is 4.79 Å². The molecule has 2 aliphatic rings. The highest BCUT2D eigenvalue weighted by molar-refractivity contribution is 5.78. The summed E-state index contributed by atoms with van der Waals surface area (Å²) in [5, 5.41) is 0. The van der Waals surface area contributed by atoms with Gasteiger partial charge in [-0.3, -0.25) is 14.6 Å². The summed E-state index contributed by atoms with van der Waals surface area (Å²) >= 11 is 0. The third-order valence-electron chi connectivity index (χ3n) is 4.82. The fourth-order valence-electron chi connectivity index (χ4n) is 3.27. The van der Waals surface area contributed by atoms with E-state index in [1.165, 1.54) is 0 Å². The van der Waals surface area contributed by atoms with Crippen molar-refractivity contribution in [2.45, 2.75) is 6.42 Å². The van der Waals surface area contributed by atoms with Crippen molar-refractivity contribution >= 4 is 5.91 Å². The maximum atomic E-state index is 12.4. The first-order valence-corrected chi connectivity index (χ1v) is 9.29. The van der Waals surface area contributed by atoms with Crippen LogP contribution in [0.25, 0.3) is 0 Å². The van der Waals surface area contributed by atoms with Crippen LogP contribution in [-0.2, 0) is 9.53 Å². The molecule has 138 valence electrons. The minimum Gasteiger partial charge on any atom is -0.494 e. The van der Waals surface area contributed by atoms with Crippen molar-refractivity contribution in [3.8, 4) is 5.75 Å². The van der Waals surface area contributed by atoms with E-state index in [1.807, 2.05) is 35.2 Å². The molecule has 0 radical (unpaired) electrons. The van der Waals surface area contributed by atoms with Crippen LogP contribution in [0.1, 0.15) is 6.42 Å². The van der Waals surface area contributed by atoms with Crippen molar-refractivity contribution < 1.29 is 14.3 Å². The number of carbonyl (C=O) groups excluding carboxylic acids is 1. The monoisotopic (exact) mass is 347 g/mol. The van der Waals surface area contributed by atoms with Crippen LogP contribution in [0.5, 0.6) is 5.75 Å². The second-order valence-corrected chi connectivity index (χ2v) is 6.63. The first kappa shape index (κ1) is 18.2. The lowest BCUT2D eigenvalue weighted by Gasteiger charge is -2.36. The molecule has 6 nitrogen and oxygen atoms in total. The fraction of sp³-hybridized carbons (Fsp3) is 0.632. The van der Waals surface area contributed by atoms with Gasteiger partial charge in [-0.25, -0.2) is 0 Å². The topological polar surface area (TPSA) is 45.2 Å². The largest absolute Gasteiger partial charge is 0.494 e. The zero-order valence-electron chi connectivity index (χ0n) is 14.9. The zero-order valence-corrected chi connectivity index (χ0v) is 14.9. The summed E-state index contributed by atoms with van der Waals surface area (Å²) in [6.07, 6.45) is 1.01. The summed E-state index contributed by atoms with van der Waals surface area (Å²) in [7, 11) is 0. The lowest BCUT2D eigenvalue weighted by atomic mass is 10.2. The Morgan fingerprint density at radius 2 is 1.68 bits per heavy atom. The average Bonchev–Trinajstić information content (AvgIpc) is 2.67. The number of hydrogen-bond acceptors (Lipinski definition) is 5. The van der Waals surface area contributed by atoms with E-state index in [1.54, 1.807) is 0 Å². The number of rotatable bonds is 7. The summed E-state index contributed by atoms with van der Waals surface area (Å²) < 4.78 is 11.1. The number of piperazine rings is 1. The standard InChI is InChI=1S/C19H29N3O3/c23-19(17-21-12-15-24-16-13-21)22-10-8-20(9-11-22)7-4-14-25-18-5-2-1-3-6-18/h1-3,5-6H,4,7-17H2. The van der Waals surface area contributed by atoms with E-state index in [0.717, 1.165) is 77.8 Å². The third kappa shape index (κ3) is 5.99. The Kier molecular flexibility index (Phi) is 7.09. The van der Waals surface area contributed by atoms with Crippen molar-refractivity contribution in [2.75, 3.05) is 72.2 Å². The highest BCUT2D eigenvalue weighted by Gasteiger charge is 2.23. The Balaban J connectivity index is 1.28. The molecule has 0 aliphatic carbocycles. The summed E-state index contributed by atoms with van der Waals surface area (Å²) in [4.78, 5) is 19.0. The molecule has 1 aromatic rings. The number of ether oxygens (including phenoxy) is 2. The van der Waals surface area contributed by atoms with E-state index in [4.69, 9.17) is 9.47 Å². The number of nitrogens with zero attached hydrogens (tertiary/aromatic N) is 3. The Morgan fingerprint density at radius 3 is 2.40 bits per heavy atom. The molecule has 1 aromatic carbocycles. The van der Waals surface area contributed by atoms with Crippen molar-refractivity contribution in [3.05, 3.63) is 30.3 Å². The SMILES string of the molecule is O=C(CN1CCOCC1)N1CCN(CCCOc2ccccc2)CC1. The molecule has 2 heterocycles. The van der Waals surface area contributed by atoms with Gasteiger partial charge in [-0.15, -0.1) is 0 Å². The Morgan fingerprint density at radius 1 is 0.960 bits per heavy atom. The van der Waals surface area contributed by atoms with Crippen LogP contribution < -0.4 is 4.74 Å². The highest BCUT2D eigenvalue weighted by Crippen LogP contribution is 2.09. The Hall–Kier alpha value is -1.63. The number of carbonyl (C=O) groups is 1. The van der Waals surface area contributed by atoms with Gasteiger partial charge < -0.3 is 14.4 Å². The lowest BCUT2D eigenvalue weighted by Crippen LogP contribution is -2.52. The molecule has 3 rings (SSSR count). The van der Waals surface area contributed by atoms with Gasteiger partial charge in [-0.05, 0) is 18.6 Å². The summed E-state index contributed by atoms with van der Waals surface area (Å²) in [6, 6.07) is 9.94. The lowest BCUT2D eigenvalue weighted by molar-refractivity contribution is -0.135. The van der Waals surface area contributed by atoms with Gasteiger partial charge >= 0.3 is 0 Å². The first-order chi connectivity index (χ1) is 12.3. The molecule has 6 heteroatoms. The van der Waals surface area contributed by atoms with Gasteiger partial charge in [0, 0.05) is 45.8 Å². The fourth-order valence-corrected chi connectivity index (χ4v) is 3.27. The van der Waals surface area contributed by atoms with Crippen LogP contribution in [0, 0.1) is 0 Å². The van der Waals surface area contributed by atoms with E-state index in [-0.39, 0.29) is 5.91 Å². The van der Waals surface area contributed by atoms with Gasteiger partial charge in [0.1, 0.15) is 5.75 Å². The van der Waals surface area contributed by atoms with Crippen LogP contribution in [0.15, 0.2) is 30.3 Å². The maximum Gasteiger partial charge on any atom is 0.236 e. The Labute approximate surface area is 150 Å². The molecule has 25 heavy (non-hydrogen) atoms. The third-order valence-corrected chi connectivity index (χ3v) is 4.82. The van der Waals surface area contributed by atoms with Crippen LogP contribution >= 0.6 is 0 Å². The minimum atomic E-state index is 0.258. The molecule has 0 saturated carbocycles. The molecule has 0 spiro atoms. The molecule has 0 unspecified atom stereocenters. The highest BCUT2D eigenvalue weighted by atomic mass is 16.5. The maximum absolute atomic E-state index is 12.4. The van der Waals surface area contributed by atoms with Crippen molar-refractivity contribution in [3.63, 3.8) is 0 Å². The van der Waals surface area contributed by atoms with E-state index >= 15 is 0 Å². The second-order valence-electron chi connectivity index (χ2n) is 6.63. The molecule has 2 aliphatic heterocycles. The summed E-state index contributed by atoms with van der Waals surface area (Å²) in [5.74, 6) is 1.19. The van der Waals surface area contributed by atoms with Crippen molar-refractivity contribution in [1.82, 2.24) is 14.7 Å². The summed E-state index contributed by atoms with van der Waals surface area (Å²) in [5.41, 5.74) is 0. The molecule has 0 N–H and O–H groups in total. The van der Waals surface area contributed by atoms with Crippen LogP contribution in [0.2, 0.25) is 0 Å². The van der Waals surface area contributed by atoms with E-state index < -0.39 is 0 Å².